The van der Waals surface area contributed by atoms with E-state index in [9.17, 15) is 4.79 Å². The van der Waals surface area contributed by atoms with Crippen molar-refractivity contribution >= 4 is 17.7 Å². The van der Waals surface area contributed by atoms with Crippen LogP contribution in [0.5, 0.6) is 5.75 Å². The first-order valence-electron chi connectivity index (χ1n) is 6.30. The fourth-order valence-electron chi connectivity index (χ4n) is 2.20. The average Bonchev–Trinajstić information content (AvgIpc) is 2.88. The van der Waals surface area contributed by atoms with Crippen LogP contribution in [-0.4, -0.2) is 42.0 Å². The lowest BCUT2D eigenvalue weighted by Gasteiger charge is -2.18. The molecule has 1 amide bonds. The van der Waals surface area contributed by atoms with Crippen LogP contribution in [0, 0.1) is 0 Å². The summed E-state index contributed by atoms with van der Waals surface area (Å²) in [6.45, 7) is 4.21. The van der Waals surface area contributed by atoms with Crippen LogP contribution in [0.2, 0.25) is 0 Å². The van der Waals surface area contributed by atoms with Crippen LogP contribution in [0.25, 0.3) is 0 Å². The maximum atomic E-state index is 12.4. The fraction of sp³-hybridized carbons (Fsp3) is 0.500. The van der Waals surface area contributed by atoms with Gasteiger partial charge in [0.2, 0.25) is 0 Å². The van der Waals surface area contributed by atoms with Crippen molar-refractivity contribution in [3.8, 4) is 5.75 Å². The zero-order chi connectivity index (χ0) is 13.0. The molecule has 1 aliphatic heterocycles. The Morgan fingerprint density at radius 2 is 2.28 bits per heavy atom. The first kappa shape index (κ1) is 13.3. The van der Waals surface area contributed by atoms with Crippen molar-refractivity contribution in [1.29, 1.82) is 0 Å². The molecule has 0 saturated carbocycles. The van der Waals surface area contributed by atoms with E-state index in [-0.39, 0.29) is 5.91 Å². The Balaban J connectivity index is 2.14. The molecule has 0 aliphatic carbocycles. The van der Waals surface area contributed by atoms with Gasteiger partial charge in [-0.2, -0.15) is 11.8 Å². The molecule has 3 nitrogen and oxygen atoms in total. The van der Waals surface area contributed by atoms with Gasteiger partial charge in [0.25, 0.3) is 5.91 Å². The summed E-state index contributed by atoms with van der Waals surface area (Å²) in [7, 11) is 0. The molecule has 0 aromatic heterocycles. The third-order valence-corrected chi connectivity index (χ3v) is 4.23. The number of benzene rings is 1. The van der Waals surface area contributed by atoms with Crippen molar-refractivity contribution < 1.29 is 9.53 Å². The summed E-state index contributed by atoms with van der Waals surface area (Å²) in [5, 5.41) is 0.577. The Labute approximate surface area is 113 Å². The molecule has 1 atom stereocenters. The average molecular weight is 265 g/mol. The number of para-hydroxylation sites is 1. The Morgan fingerprint density at radius 3 is 2.94 bits per heavy atom. The summed E-state index contributed by atoms with van der Waals surface area (Å²) >= 11 is 1.84. The molecule has 1 saturated heterocycles. The number of hydrogen-bond acceptors (Lipinski definition) is 3. The molecule has 1 fully saturated rings. The molecule has 0 bridgehead atoms. The molecule has 1 heterocycles. The van der Waals surface area contributed by atoms with Gasteiger partial charge < -0.3 is 9.64 Å². The van der Waals surface area contributed by atoms with E-state index in [1.807, 2.05) is 47.9 Å². The van der Waals surface area contributed by atoms with Gasteiger partial charge >= 0.3 is 0 Å². The Hall–Kier alpha value is -1.16. The normalized spacial score (nSPS) is 19.0. The van der Waals surface area contributed by atoms with Crippen LogP contribution in [0.4, 0.5) is 0 Å². The van der Waals surface area contributed by atoms with E-state index in [0.29, 0.717) is 23.2 Å². The maximum Gasteiger partial charge on any atom is 0.257 e. The molecule has 98 valence electrons. The quantitative estimate of drug-likeness (QED) is 0.838. The lowest BCUT2D eigenvalue weighted by atomic mass is 10.2. The third kappa shape index (κ3) is 2.80. The second-order valence-corrected chi connectivity index (χ2v) is 5.46. The molecule has 1 aliphatic rings. The highest BCUT2D eigenvalue weighted by Gasteiger charge is 2.27. The minimum atomic E-state index is 0.0931. The topological polar surface area (TPSA) is 29.5 Å². The number of carbonyl (C=O) groups is 1. The van der Waals surface area contributed by atoms with E-state index in [4.69, 9.17) is 4.74 Å². The molecule has 18 heavy (non-hydrogen) atoms. The lowest BCUT2D eigenvalue weighted by Crippen LogP contribution is -2.29. The van der Waals surface area contributed by atoms with E-state index in [0.717, 1.165) is 19.5 Å². The minimum Gasteiger partial charge on any atom is -0.493 e. The predicted octanol–water partition coefficient (Wildman–Crippen LogP) is 2.66. The van der Waals surface area contributed by atoms with E-state index in [1.165, 1.54) is 0 Å². The summed E-state index contributed by atoms with van der Waals surface area (Å²) < 4.78 is 5.52. The molecular formula is C14H19NO2S. The standard InChI is InChI=1S/C14H19NO2S/c1-3-17-13-7-5-4-6-12(13)14(16)15-9-8-11(10-15)18-2/h4-7,11H,3,8-10H2,1-2H3. The number of rotatable bonds is 4. The first-order chi connectivity index (χ1) is 8.76. The molecule has 0 radical (unpaired) electrons. The van der Waals surface area contributed by atoms with Crippen LogP contribution in [0.15, 0.2) is 24.3 Å². The van der Waals surface area contributed by atoms with Crippen molar-refractivity contribution in [3.05, 3.63) is 29.8 Å². The highest BCUT2D eigenvalue weighted by atomic mass is 32.2. The van der Waals surface area contributed by atoms with E-state index in [2.05, 4.69) is 6.26 Å². The zero-order valence-electron chi connectivity index (χ0n) is 10.9. The number of carbonyl (C=O) groups excluding carboxylic acids is 1. The monoisotopic (exact) mass is 265 g/mol. The van der Waals surface area contributed by atoms with Crippen LogP contribution in [-0.2, 0) is 0 Å². The molecule has 0 spiro atoms. The molecular weight excluding hydrogens is 246 g/mol. The van der Waals surface area contributed by atoms with Crippen molar-refractivity contribution in [2.24, 2.45) is 0 Å². The maximum absolute atomic E-state index is 12.4. The summed E-state index contributed by atoms with van der Waals surface area (Å²) in [4.78, 5) is 14.4. The molecule has 1 aromatic carbocycles. The Kier molecular flexibility index (Phi) is 4.53. The fourth-order valence-corrected chi connectivity index (χ4v) is 2.87. The van der Waals surface area contributed by atoms with Gasteiger partial charge in [-0.1, -0.05) is 12.1 Å². The van der Waals surface area contributed by atoms with Crippen molar-refractivity contribution in [2.45, 2.75) is 18.6 Å². The van der Waals surface area contributed by atoms with Crippen LogP contribution < -0.4 is 4.74 Å². The van der Waals surface area contributed by atoms with Gasteiger partial charge in [0.15, 0.2) is 0 Å². The van der Waals surface area contributed by atoms with E-state index in [1.54, 1.807) is 0 Å². The summed E-state index contributed by atoms with van der Waals surface area (Å²) in [5.41, 5.74) is 0.682. The summed E-state index contributed by atoms with van der Waals surface area (Å²) in [6.07, 6.45) is 3.19. The van der Waals surface area contributed by atoms with Crippen LogP contribution in [0.3, 0.4) is 0 Å². The second kappa shape index (κ2) is 6.14. The third-order valence-electron chi connectivity index (χ3n) is 3.18. The van der Waals surface area contributed by atoms with Crippen LogP contribution >= 0.6 is 11.8 Å². The van der Waals surface area contributed by atoms with Gasteiger partial charge in [0.05, 0.1) is 12.2 Å². The van der Waals surface area contributed by atoms with E-state index >= 15 is 0 Å². The largest absolute Gasteiger partial charge is 0.493 e. The van der Waals surface area contributed by atoms with Crippen LogP contribution in [0.1, 0.15) is 23.7 Å². The molecule has 1 unspecified atom stereocenters. The summed E-state index contributed by atoms with van der Waals surface area (Å²) in [6, 6.07) is 7.49. The molecule has 2 rings (SSSR count). The lowest BCUT2D eigenvalue weighted by molar-refractivity contribution is 0.0789. The number of thioether (sulfide) groups is 1. The Bertz CT molecular complexity index is 422. The van der Waals surface area contributed by atoms with Gasteiger partial charge in [-0.3, -0.25) is 4.79 Å². The van der Waals surface area contributed by atoms with Crippen molar-refractivity contribution in [3.63, 3.8) is 0 Å². The van der Waals surface area contributed by atoms with Gasteiger partial charge in [-0.15, -0.1) is 0 Å². The minimum absolute atomic E-state index is 0.0931. The number of nitrogens with zero attached hydrogens (tertiary/aromatic N) is 1. The zero-order valence-corrected chi connectivity index (χ0v) is 11.7. The van der Waals surface area contributed by atoms with Gasteiger partial charge in [0.1, 0.15) is 5.75 Å². The molecule has 4 heteroatoms. The summed E-state index contributed by atoms with van der Waals surface area (Å²) in [5.74, 6) is 0.785. The molecule has 1 aromatic rings. The number of amides is 1. The second-order valence-electron chi connectivity index (χ2n) is 4.33. The highest BCUT2D eigenvalue weighted by molar-refractivity contribution is 7.99. The van der Waals surface area contributed by atoms with E-state index < -0.39 is 0 Å². The van der Waals surface area contributed by atoms with Gasteiger partial charge in [-0.05, 0) is 31.7 Å². The predicted molar refractivity (Wildman–Crippen MR) is 75.4 cm³/mol. The van der Waals surface area contributed by atoms with Gasteiger partial charge in [0, 0.05) is 18.3 Å². The molecule has 0 N–H and O–H groups in total. The first-order valence-corrected chi connectivity index (χ1v) is 7.59. The smallest absolute Gasteiger partial charge is 0.257 e. The van der Waals surface area contributed by atoms with Crippen molar-refractivity contribution in [1.82, 2.24) is 4.90 Å². The number of hydrogen-bond donors (Lipinski definition) is 0. The Morgan fingerprint density at radius 1 is 1.50 bits per heavy atom. The highest BCUT2D eigenvalue weighted by Crippen LogP contribution is 2.25. The van der Waals surface area contributed by atoms with Gasteiger partial charge in [-0.25, -0.2) is 0 Å². The van der Waals surface area contributed by atoms with Crippen molar-refractivity contribution in [2.75, 3.05) is 26.0 Å². The number of ether oxygens (including phenoxy) is 1. The SMILES string of the molecule is CCOc1ccccc1C(=O)N1CCC(SC)C1. The number of likely N-dealkylation sites (tertiary alicyclic amines) is 1.